The van der Waals surface area contributed by atoms with Gasteiger partial charge in [0.05, 0.1) is 25.6 Å². The maximum atomic E-state index is 11.0. The predicted molar refractivity (Wildman–Crippen MR) is 184 cm³/mol. The monoisotopic (exact) mass is 660 g/mol. The van der Waals surface area contributed by atoms with Crippen LogP contribution in [0.1, 0.15) is 46.4 Å². The number of nitrogens with one attached hydrogen (secondary N) is 4. The number of imidazole rings is 1. The number of ether oxygens (including phenoxy) is 4. The van der Waals surface area contributed by atoms with Crippen molar-refractivity contribution in [1.29, 1.82) is 0 Å². The molecule has 3 heterocycles. The van der Waals surface area contributed by atoms with Crippen molar-refractivity contribution in [3.8, 4) is 29.2 Å². The van der Waals surface area contributed by atoms with Crippen LogP contribution in [0.2, 0.25) is 0 Å². The first-order valence-corrected chi connectivity index (χ1v) is 16.0. The number of aryl methyl sites for hydroxylation is 1. The van der Waals surface area contributed by atoms with Gasteiger partial charge in [-0.05, 0) is 57.1 Å². The summed E-state index contributed by atoms with van der Waals surface area (Å²) in [5, 5.41) is 12.5. The molecular formula is C35H48N8O5. The summed E-state index contributed by atoms with van der Waals surface area (Å²) in [4.78, 5) is 25.0. The molecular weight excluding hydrogens is 612 g/mol. The Morgan fingerprint density at radius 1 is 0.750 bits per heavy atom. The van der Waals surface area contributed by atoms with Crippen LogP contribution in [-0.2, 0) is 31.1 Å². The van der Waals surface area contributed by atoms with Crippen LogP contribution < -0.4 is 40.2 Å². The predicted octanol–water partition coefficient (Wildman–Crippen LogP) is 3.30. The molecule has 0 aliphatic carbocycles. The number of amides is 1. The van der Waals surface area contributed by atoms with Crippen LogP contribution in [0.5, 0.6) is 23.5 Å². The Labute approximate surface area is 282 Å². The zero-order valence-corrected chi connectivity index (χ0v) is 29.0. The fourth-order valence-electron chi connectivity index (χ4n) is 5.23. The van der Waals surface area contributed by atoms with E-state index >= 15 is 0 Å². The molecule has 4 aromatic rings. The highest BCUT2D eigenvalue weighted by molar-refractivity contribution is 5.72. The minimum Gasteiger partial charge on any atom is -0.481 e. The molecule has 0 bridgehead atoms. The third-order valence-corrected chi connectivity index (χ3v) is 7.84. The van der Waals surface area contributed by atoms with Crippen LogP contribution in [0.15, 0.2) is 42.5 Å². The first-order valence-electron chi connectivity index (χ1n) is 16.0. The lowest BCUT2D eigenvalue weighted by Gasteiger charge is -2.16. The van der Waals surface area contributed by atoms with Crippen LogP contribution in [0.25, 0.3) is 5.69 Å². The second kappa shape index (κ2) is 18.0. The van der Waals surface area contributed by atoms with Crippen molar-refractivity contribution in [3.05, 3.63) is 81.9 Å². The van der Waals surface area contributed by atoms with Crippen molar-refractivity contribution in [1.82, 2.24) is 40.8 Å². The summed E-state index contributed by atoms with van der Waals surface area (Å²) in [6.07, 6.45) is 0. The van der Waals surface area contributed by atoms with E-state index in [1.807, 2.05) is 57.3 Å². The van der Waals surface area contributed by atoms with Crippen LogP contribution in [0.3, 0.4) is 0 Å². The van der Waals surface area contributed by atoms with Crippen molar-refractivity contribution in [2.45, 2.75) is 54.0 Å². The lowest BCUT2D eigenvalue weighted by molar-refractivity contribution is -0.118. The quantitative estimate of drug-likeness (QED) is 0.110. The smallest absolute Gasteiger partial charge is 0.220 e. The SMILES string of the molecule is CNCCNCc1ccc(OCc2nc(C)n(-c3cccc(COc4ccc(CNCCNC(C)=O)c(OC)n4)c3C)c2C)nc1OC. The third-order valence-electron chi connectivity index (χ3n) is 7.84. The van der Waals surface area contributed by atoms with Crippen molar-refractivity contribution in [3.63, 3.8) is 0 Å². The number of likely N-dealkylation sites (N-methyl/N-ethyl adjacent to an activating group) is 1. The standard InChI is InChI=1S/C35H48N8O5/c1-23-29(21-47-32-13-11-28(34(41-32)45-6)20-38-17-18-39-26(4)44)9-8-10-31(23)43-24(2)30(40-25(43)3)22-48-33-14-12-27(35(42-33)46-7)19-37-16-15-36-5/h8-14,36-38H,15-22H2,1-7H3,(H,39,44). The Bertz CT molecular complexity index is 1660. The Kier molecular flexibility index (Phi) is 13.5. The van der Waals surface area contributed by atoms with Crippen molar-refractivity contribution in [2.24, 2.45) is 0 Å². The summed E-state index contributed by atoms with van der Waals surface area (Å²) in [6, 6.07) is 13.7. The summed E-state index contributed by atoms with van der Waals surface area (Å²) < 4.78 is 25.4. The first-order chi connectivity index (χ1) is 23.2. The van der Waals surface area contributed by atoms with Gasteiger partial charge in [0.25, 0.3) is 0 Å². The van der Waals surface area contributed by atoms with Crippen molar-refractivity contribution >= 4 is 5.91 Å². The highest BCUT2D eigenvalue weighted by Gasteiger charge is 2.17. The maximum Gasteiger partial charge on any atom is 0.220 e. The summed E-state index contributed by atoms with van der Waals surface area (Å²) in [7, 11) is 5.13. The van der Waals surface area contributed by atoms with E-state index in [2.05, 4.69) is 48.8 Å². The van der Waals surface area contributed by atoms with Crippen molar-refractivity contribution < 1.29 is 23.7 Å². The van der Waals surface area contributed by atoms with E-state index in [0.717, 1.165) is 58.2 Å². The van der Waals surface area contributed by atoms with Crippen LogP contribution >= 0.6 is 0 Å². The van der Waals surface area contributed by atoms with E-state index in [9.17, 15) is 4.79 Å². The number of nitrogens with zero attached hydrogens (tertiary/aromatic N) is 4. The van der Waals surface area contributed by atoms with Crippen LogP contribution in [-0.4, -0.2) is 72.9 Å². The molecule has 0 unspecified atom stereocenters. The molecule has 1 aromatic carbocycles. The van der Waals surface area contributed by atoms with Gasteiger partial charge in [0.2, 0.25) is 29.4 Å². The van der Waals surface area contributed by atoms with Crippen LogP contribution in [0, 0.1) is 20.8 Å². The molecule has 0 saturated carbocycles. The summed E-state index contributed by atoms with van der Waals surface area (Å²) in [6.45, 7) is 12.3. The number of aromatic nitrogens is 4. The van der Waals surface area contributed by atoms with Gasteiger partial charge in [-0.1, -0.05) is 12.1 Å². The van der Waals surface area contributed by atoms with Crippen molar-refractivity contribution in [2.75, 3.05) is 47.4 Å². The largest absolute Gasteiger partial charge is 0.481 e. The van der Waals surface area contributed by atoms with E-state index in [-0.39, 0.29) is 12.5 Å². The average molecular weight is 661 g/mol. The summed E-state index contributed by atoms with van der Waals surface area (Å²) >= 11 is 0. The summed E-state index contributed by atoms with van der Waals surface area (Å²) in [5.74, 6) is 2.78. The molecule has 1 amide bonds. The zero-order valence-electron chi connectivity index (χ0n) is 29.0. The fourth-order valence-corrected chi connectivity index (χ4v) is 5.23. The van der Waals surface area contributed by atoms with E-state index in [4.69, 9.17) is 23.9 Å². The molecule has 0 atom stereocenters. The van der Waals surface area contributed by atoms with E-state index in [1.165, 1.54) is 6.92 Å². The molecule has 3 aromatic heterocycles. The number of carbonyl (C=O) groups is 1. The molecule has 4 N–H and O–H groups in total. The highest BCUT2D eigenvalue weighted by atomic mass is 16.5. The van der Waals surface area contributed by atoms with Gasteiger partial charge >= 0.3 is 0 Å². The number of benzene rings is 1. The fraction of sp³-hybridized carbons (Fsp3) is 0.429. The van der Waals surface area contributed by atoms with Gasteiger partial charge in [-0.2, -0.15) is 9.97 Å². The van der Waals surface area contributed by atoms with E-state index in [1.54, 1.807) is 14.2 Å². The topological polar surface area (TPSA) is 146 Å². The molecule has 0 fully saturated rings. The molecule has 0 aliphatic rings. The number of carbonyl (C=O) groups excluding carboxylic acids is 1. The average Bonchev–Trinajstić information content (AvgIpc) is 3.37. The number of pyridine rings is 2. The molecule has 0 aliphatic heterocycles. The Balaban J connectivity index is 1.40. The maximum absolute atomic E-state index is 11.0. The molecule has 13 heteroatoms. The molecule has 48 heavy (non-hydrogen) atoms. The molecule has 258 valence electrons. The normalized spacial score (nSPS) is 11.0. The molecule has 4 rings (SSSR count). The Morgan fingerprint density at radius 2 is 1.35 bits per heavy atom. The van der Waals surface area contributed by atoms with Gasteiger partial charge in [-0.15, -0.1) is 0 Å². The van der Waals surface area contributed by atoms with Gasteiger partial charge in [-0.25, -0.2) is 4.98 Å². The molecule has 0 radical (unpaired) electrons. The number of hydrogen-bond donors (Lipinski definition) is 4. The third kappa shape index (κ3) is 9.66. The minimum atomic E-state index is -0.0511. The van der Waals surface area contributed by atoms with Gasteiger partial charge in [0, 0.05) is 75.1 Å². The second-order valence-corrected chi connectivity index (χ2v) is 11.2. The zero-order chi connectivity index (χ0) is 34.5. The van der Waals surface area contributed by atoms with Gasteiger partial charge in [-0.3, -0.25) is 4.79 Å². The van der Waals surface area contributed by atoms with Gasteiger partial charge in [0.15, 0.2) is 0 Å². The highest BCUT2D eigenvalue weighted by Crippen LogP contribution is 2.27. The van der Waals surface area contributed by atoms with Gasteiger partial charge in [0.1, 0.15) is 19.0 Å². The number of methoxy groups -OCH3 is 2. The molecule has 0 saturated heterocycles. The Hall–Kier alpha value is -4.72. The number of hydrogen-bond acceptors (Lipinski definition) is 11. The molecule has 0 spiro atoms. The Morgan fingerprint density at radius 3 is 1.94 bits per heavy atom. The lowest BCUT2D eigenvalue weighted by Crippen LogP contribution is -2.30. The van der Waals surface area contributed by atoms with E-state index in [0.29, 0.717) is 56.3 Å². The number of rotatable bonds is 19. The minimum absolute atomic E-state index is 0.0511. The first kappa shape index (κ1) is 36.1. The molecule has 13 nitrogen and oxygen atoms in total. The van der Waals surface area contributed by atoms with Crippen LogP contribution in [0.4, 0.5) is 0 Å². The van der Waals surface area contributed by atoms with E-state index < -0.39 is 0 Å². The lowest BCUT2D eigenvalue weighted by atomic mass is 10.1. The summed E-state index contributed by atoms with van der Waals surface area (Å²) in [5.41, 5.74) is 6.80. The van der Waals surface area contributed by atoms with Gasteiger partial charge < -0.3 is 44.8 Å². The second-order valence-electron chi connectivity index (χ2n) is 11.2.